The number of amidine groups is 1. The molecule has 0 spiro atoms. The van der Waals surface area contributed by atoms with Crippen molar-refractivity contribution in [1.29, 1.82) is 0 Å². The summed E-state index contributed by atoms with van der Waals surface area (Å²) in [5, 5.41) is 7.21. The van der Waals surface area contributed by atoms with Crippen molar-refractivity contribution < 1.29 is 0 Å². The first-order valence-corrected chi connectivity index (χ1v) is 14.7. The third-order valence-corrected chi connectivity index (χ3v) is 7.78. The first-order valence-electron chi connectivity index (χ1n) is 14.7. The van der Waals surface area contributed by atoms with E-state index in [1.165, 1.54) is 38.5 Å². The second-order valence-electron chi connectivity index (χ2n) is 10.5. The van der Waals surface area contributed by atoms with Gasteiger partial charge < -0.3 is 5.73 Å². The molecule has 2 aromatic heterocycles. The summed E-state index contributed by atoms with van der Waals surface area (Å²) in [6.07, 6.45) is 18.5. The zero-order valence-corrected chi connectivity index (χ0v) is 24.7. The molecule has 45 heavy (non-hydrogen) atoms. The van der Waals surface area contributed by atoms with Crippen LogP contribution in [0.25, 0.3) is 66.1 Å². The third-order valence-electron chi connectivity index (χ3n) is 7.78. The average Bonchev–Trinajstić information content (AvgIpc) is 3.41. The van der Waals surface area contributed by atoms with E-state index in [0.717, 1.165) is 39.9 Å². The van der Waals surface area contributed by atoms with Gasteiger partial charge in [-0.2, -0.15) is 0 Å². The van der Waals surface area contributed by atoms with Gasteiger partial charge in [0.15, 0.2) is 11.7 Å². The smallest absolute Gasteiger partial charge is 0.159 e. The van der Waals surface area contributed by atoms with E-state index in [-0.39, 0.29) is 0 Å². The summed E-state index contributed by atoms with van der Waals surface area (Å²) in [7, 11) is 0. The number of aromatic nitrogens is 4. The third kappa shape index (κ3) is 5.32. The number of benzene rings is 5. The summed E-state index contributed by atoms with van der Waals surface area (Å²) in [5.41, 5.74) is 10.8. The van der Waals surface area contributed by atoms with Gasteiger partial charge in [0.25, 0.3) is 0 Å². The summed E-state index contributed by atoms with van der Waals surface area (Å²) in [4.78, 5) is 27.2. The maximum Gasteiger partial charge on any atom is 0.159 e. The largest absolute Gasteiger partial charge is 0.405 e. The number of hydrogen-bond donors (Lipinski definition) is 1. The van der Waals surface area contributed by atoms with Gasteiger partial charge in [-0.05, 0) is 80.8 Å². The number of hydrogen-bond acceptors (Lipinski definition) is 7. The van der Waals surface area contributed by atoms with Crippen molar-refractivity contribution in [2.45, 2.75) is 13.3 Å². The fraction of sp³-hybridized carbons (Fsp3) is 0.0526. The quantitative estimate of drug-likeness (QED) is 0.210. The molecular formula is C38H29N7. The first-order chi connectivity index (χ1) is 22.2. The first kappa shape index (κ1) is 27.7. The number of nitrogens with zero attached hydrogens (tertiary/aromatic N) is 6. The summed E-state index contributed by atoms with van der Waals surface area (Å²) >= 11 is 0. The SMILES string of the molecule is C/C=C\N.C1=CN=C(c2cc(-c3ncccn3)cc(-c3ccc4ccc5c(-c6cnccn6)ccc6ccc3c4c65)c2)N=CC1. The van der Waals surface area contributed by atoms with Gasteiger partial charge in [0.1, 0.15) is 0 Å². The minimum Gasteiger partial charge on any atom is -0.405 e. The summed E-state index contributed by atoms with van der Waals surface area (Å²) in [6, 6.07) is 25.8. The van der Waals surface area contributed by atoms with Crippen molar-refractivity contribution in [3.8, 4) is 33.8 Å². The van der Waals surface area contributed by atoms with E-state index in [1.807, 2.05) is 37.7 Å². The predicted molar refractivity (Wildman–Crippen MR) is 185 cm³/mol. The monoisotopic (exact) mass is 583 g/mol. The normalized spacial score (nSPS) is 12.9. The van der Waals surface area contributed by atoms with Crippen molar-refractivity contribution in [3.63, 3.8) is 0 Å². The van der Waals surface area contributed by atoms with Crippen molar-refractivity contribution in [2.75, 3.05) is 0 Å². The lowest BCUT2D eigenvalue weighted by Crippen LogP contribution is -1.99. The van der Waals surface area contributed by atoms with Crippen LogP contribution in [0.5, 0.6) is 0 Å². The van der Waals surface area contributed by atoms with Crippen molar-refractivity contribution in [2.24, 2.45) is 15.7 Å². The molecule has 1 aliphatic rings. The Morgan fingerprint density at radius 1 is 0.711 bits per heavy atom. The molecule has 1 aliphatic heterocycles. The predicted octanol–water partition coefficient (Wildman–Crippen LogP) is 8.38. The lowest BCUT2D eigenvalue weighted by atomic mass is 9.87. The van der Waals surface area contributed by atoms with Crippen molar-refractivity contribution in [1.82, 2.24) is 19.9 Å². The molecule has 216 valence electrons. The molecule has 7 heteroatoms. The van der Waals surface area contributed by atoms with Crippen LogP contribution in [0.2, 0.25) is 0 Å². The van der Waals surface area contributed by atoms with E-state index in [2.05, 4.69) is 96.7 Å². The molecule has 0 radical (unpaired) electrons. The highest BCUT2D eigenvalue weighted by Crippen LogP contribution is 2.42. The zero-order chi connectivity index (χ0) is 30.6. The maximum atomic E-state index is 4.85. The molecule has 8 rings (SSSR count). The minimum absolute atomic E-state index is 0.663. The molecule has 7 aromatic rings. The maximum absolute atomic E-state index is 4.85. The molecule has 0 unspecified atom stereocenters. The summed E-state index contributed by atoms with van der Waals surface area (Å²) < 4.78 is 0. The molecule has 0 saturated heterocycles. The summed E-state index contributed by atoms with van der Waals surface area (Å²) in [6.45, 7) is 1.88. The number of aliphatic imine (C=N–C) groups is 2. The van der Waals surface area contributed by atoms with Crippen LogP contribution in [0.15, 0.2) is 138 Å². The average molecular weight is 584 g/mol. The van der Waals surface area contributed by atoms with Crippen molar-refractivity contribution in [3.05, 3.63) is 134 Å². The molecule has 0 atom stereocenters. The number of rotatable bonds is 4. The van der Waals surface area contributed by atoms with Gasteiger partial charge >= 0.3 is 0 Å². The van der Waals surface area contributed by atoms with Gasteiger partial charge in [-0.3, -0.25) is 9.97 Å². The van der Waals surface area contributed by atoms with Crippen LogP contribution in [0.3, 0.4) is 0 Å². The van der Waals surface area contributed by atoms with Crippen LogP contribution >= 0.6 is 0 Å². The van der Waals surface area contributed by atoms with Gasteiger partial charge in [-0.15, -0.1) is 0 Å². The van der Waals surface area contributed by atoms with Gasteiger partial charge in [0, 0.05) is 60.3 Å². The Balaban J connectivity index is 0.000000770. The second-order valence-corrected chi connectivity index (χ2v) is 10.5. The number of nitrogens with two attached hydrogens (primary N) is 1. The zero-order valence-electron chi connectivity index (χ0n) is 24.7. The van der Waals surface area contributed by atoms with Crippen LogP contribution in [0.4, 0.5) is 0 Å². The van der Waals surface area contributed by atoms with Crippen molar-refractivity contribution >= 4 is 44.4 Å². The fourth-order valence-electron chi connectivity index (χ4n) is 5.77. The van der Waals surface area contributed by atoms with Crippen LogP contribution in [-0.4, -0.2) is 32.0 Å². The molecule has 0 bridgehead atoms. The van der Waals surface area contributed by atoms with Gasteiger partial charge in [-0.1, -0.05) is 60.7 Å². The lowest BCUT2D eigenvalue weighted by Gasteiger charge is -2.17. The molecule has 2 N–H and O–H groups in total. The Morgan fingerprint density at radius 2 is 1.38 bits per heavy atom. The van der Waals surface area contributed by atoms with Crippen LogP contribution in [-0.2, 0) is 0 Å². The standard InChI is InChI=1S/C35H22N6.C3H7N/c1-2-13-39-34(38-12-1)25-18-24(19-26(20-25)35-40-14-3-15-41-35)27-8-4-22-7-11-30-28(31-21-36-16-17-37-31)9-5-23-6-10-29(27)32(22)33(23)30;1-2-3-4/h1,3-21H,2H2;2-3H,4H2,1H3/b;3-2-. The molecule has 0 aliphatic carbocycles. The van der Waals surface area contributed by atoms with Gasteiger partial charge in [-0.25, -0.2) is 20.0 Å². The Hall–Kier alpha value is -6.08. The molecule has 3 heterocycles. The molecule has 7 nitrogen and oxygen atoms in total. The highest BCUT2D eigenvalue weighted by molar-refractivity contribution is 6.27. The number of allylic oxidation sites excluding steroid dienone is 2. The molecule has 0 saturated carbocycles. The van der Waals surface area contributed by atoms with E-state index in [1.54, 1.807) is 30.9 Å². The lowest BCUT2D eigenvalue weighted by molar-refractivity contribution is 1.18. The molecule has 5 aromatic carbocycles. The van der Waals surface area contributed by atoms with E-state index in [0.29, 0.717) is 11.7 Å². The van der Waals surface area contributed by atoms with Crippen LogP contribution in [0.1, 0.15) is 18.9 Å². The Bertz CT molecular complexity index is 2250. The highest BCUT2D eigenvalue weighted by Gasteiger charge is 2.17. The molecular weight excluding hydrogens is 554 g/mol. The van der Waals surface area contributed by atoms with Gasteiger partial charge in [0.05, 0.1) is 11.9 Å². The highest BCUT2D eigenvalue weighted by atomic mass is 14.9. The van der Waals surface area contributed by atoms with E-state index in [9.17, 15) is 0 Å². The Morgan fingerprint density at radius 3 is 2.09 bits per heavy atom. The van der Waals surface area contributed by atoms with E-state index >= 15 is 0 Å². The fourth-order valence-corrected chi connectivity index (χ4v) is 5.77. The second kappa shape index (κ2) is 12.3. The Labute approximate surface area is 260 Å². The van der Waals surface area contributed by atoms with Crippen LogP contribution < -0.4 is 5.73 Å². The van der Waals surface area contributed by atoms with E-state index in [4.69, 9.17) is 5.73 Å². The van der Waals surface area contributed by atoms with Crippen LogP contribution in [0, 0.1) is 0 Å². The summed E-state index contributed by atoms with van der Waals surface area (Å²) in [5.74, 6) is 1.33. The topological polar surface area (TPSA) is 102 Å². The molecule has 0 amide bonds. The van der Waals surface area contributed by atoms with E-state index < -0.39 is 0 Å². The Kier molecular flexibility index (Phi) is 7.56. The minimum atomic E-state index is 0.663. The van der Waals surface area contributed by atoms with Gasteiger partial charge in [0.2, 0.25) is 0 Å². The molecule has 0 fully saturated rings.